The molecule has 0 aromatic rings. The summed E-state index contributed by atoms with van der Waals surface area (Å²) in [5.41, 5.74) is 10.9. The molecule has 3 nitrogen and oxygen atoms in total. The van der Waals surface area contributed by atoms with Crippen LogP contribution in [0.25, 0.3) is 0 Å². The number of rotatable bonds is 4. The number of amides is 1. The Morgan fingerprint density at radius 1 is 1.13 bits per heavy atom. The third kappa shape index (κ3) is 4.65. The van der Waals surface area contributed by atoms with Gasteiger partial charge in [0, 0.05) is 5.92 Å². The molecule has 1 amide bonds. The van der Waals surface area contributed by atoms with Crippen molar-refractivity contribution in [1.82, 2.24) is 0 Å². The van der Waals surface area contributed by atoms with Crippen LogP contribution in [0.2, 0.25) is 0 Å². The summed E-state index contributed by atoms with van der Waals surface area (Å²) in [5, 5.41) is 0. The van der Waals surface area contributed by atoms with Crippen molar-refractivity contribution in [2.75, 3.05) is 6.54 Å². The second-order valence-corrected chi connectivity index (χ2v) is 4.76. The molecule has 0 aromatic heterocycles. The topological polar surface area (TPSA) is 69.1 Å². The molecule has 88 valence electrons. The van der Waals surface area contributed by atoms with Crippen LogP contribution in [-0.4, -0.2) is 12.5 Å². The van der Waals surface area contributed by atoms with Gasteiger partial charge in [0.15, 0.2) is 0 Å². The molecule has 0 heterocycles. The number of primary amides is 1. The highest BCUT2D eigenvalue weighted by Crippen LogP contribution is 2.28. The van der Waals surface area contributed by atoms with E-state index in [-0.39, 0.29) is 11.8 Å². The van der Waals surface area contributed by atoms with Crippen LogP contribution in [0.15, 0.2) is 0 Å². The lowest BCUT2D eigenvalue weighted by molar-refractivity contribution is -0.122. The first-order valence-electron chi connectivity index (χ1n) is 6.23. The summed E-state index contributed by atoms with van der Waals surface area (Å²) >= 11 is 0. The van der Waals surface area contributed by atoms with Crippen molar-refractivity contribution in [3.63, 3.8) is 0 Å². The summed E-state index contributed by atoms with van der Waals surface area (Å²) < 4.78 is 0. The van der Waals surface area contributed by atoms with E-state index in [2.05, 4.69) is 0 Å². The molecular weight excluding hydrogens is 188 g/mol. The van der Waals surface area contributed by atoms with Gasteiger partial charge in [-0.2, -0.15) is 0 Å². The number of hydrogen-bond donors (Lipinski definition) is 2. The molecule has 0 bridgehead atoms. The zero-order valence-corrected chi connectivity index (χ0v) is 9.58. The predicted octanol–water partition coefficient (Wildman–Crippen LogP) is 1.80. The van der Waals surface area contributed by atoms with Crippen molar-refractivity contribution < 1.29 is 4.79 Å². The van der Waals surface area contributed by atoms with Gasteiger partial charge >= 0.3 is 0 Å². The van der Waals surface area contributed by atoms with Gasteiger partial charge < -0.3 is 11.5 Å². The Morgan fingerprint density at radius 3 is 2.53 bits per heavy atom. The maximum absolute atomic E-state index is 11.1. The summed E-state index contributed by atoms with van der Waals surface area (Å²) in [7, 11) is 0. The maximum Gasteiger partial charge on any atom is 0.220 e. The van der Waals surface area contributed by atoms with Crippen molar-refractivity contribution in [1.29, 1.82) is 0 Å². The van der Waals surface area contributed by atoms with Crippen molar-refractivity contribution in [3.05, 3.63) is 0 Å². The second-order valence-electron chi connectivity index (χ2n) is 4.76. The van der Waals surface area contributed by atoms with E-state index in [0.29, 0.717) is 0 Å². The van der Waals surface area contributed by atoms with E-state index in [9.17, 15) is 4.79 Å². The lowest BCUT2D eigenvalue weighted by Crippen LogP contribution is -2.25. The van der Waals surface area contributed by atoms with Crippen LogP contribution in [0.4, 0.5) is 0 Å². The average Bonchev–Trinajstić information content (AvgIpc) is 2.16. The Kier molecular flexibility index (Phi) is 5.69. The highest BCUT2D eigenvalue weighted by atomic mass is 16.1. The summed E-state index contributed by atoms with van der Waals surface area (Å²) in [5.74, 6) is 0.802. The van der Waals surface area contributed by atoms with Crippen molar-refractivity contribution >= 4 is 5.91 Å². The zero-order valence-electron chi connectivity index (χ0n) is 9.58. The summed E-state index contributed by atoms with van der Waals surface area (Å²) in [6.07, 6.45) is 9.21. The van der Waals surface area contributed by atoms with Crippen LogP contribution in [0.3, 0.4) is 0 Å². The minimum absolute atomic E-state index is 0.102. The zero-order chi connectivity index (χ0) is 11.1. The van der Waals surface area contributed by atoms with Crippen molar-refractivity contribution in [3.8, 4) is 0 Å². The van der Waals surface area contributed by atoms with Gasteiger partial charge in [-0.25, -0.2) is 0 Å². The molecule has 1 fully saturated rings. The van der Waals surface area contributed by atoms with Gasteiger partial charge in [-0.05, 0) is 44.6 Å². The van der Waals surface area contributed by atoms with Gasteiger partial charge in [0.1, 0.15) is 0 Å². The van der Waals surface area contributed by atoms with E-state index < -0.39 is 0 Å². The summed E-state index contributed by atoms with van der Waals surface area (Å²) in [6.45, 7) is 0.787. The summed E-state index contributed by atoms with van der Waals surface area (Å²) in [4.78, 5) is 11.1. The van der Waals surface area contributed by atoms with Gasteiger partial charge in [0.25, 0.3) is 0 Å². The molecule has 0 spiro atoms. The van der Waals surface area contributed by atoms with Crippen LogP contribution in [-0.2, 0) is 4.79 Å². The van der Waals surface area contributed by atoms with Gasteiger partial charge in [0.2, 0.25) is 5.91 Å². The first-order valence-corrected chi connectivity index (χ1v) is 6.23. The minimum Gasteiger partial charge on any atom is -0.369 e. The molecule has 0 radical (unpaired) electrons. The Labute approximate surface area is 92.6 Å². The van der Waals surface area contributed by atoms with Gasteiger partial charge in [-0.15, -0.1) is 0 Å². The van der Waals surface area contributed by atoms with Crippen molar-refractivity contribution in [2.24, 2.45) is 23.3 Å². The monoisotopic (exact) mass is 212 g/mol. The fraction of sp³-hybridized carbons (Fsp3) is 0.917. The Bertz CT molecular complexity index is 192. The SMILES string of the molecule is NCCCC1CCCCC(C(N)=O)CC1. The highest BCUT2D eigenvalue weighted by molar-refractivity contribution is 5.76. The van der Waals surface area contributed by atoms with Gasteiger partial charge in [-0.1, -0.05) is 19.3 Å². The number of hydrogen-bond acceptors (Lipinski definition) is 2. The molecule has 1 saturated carbocycles. The van der Waals surface area contributed by atoms with Crippen LogP contribution in [0.5, 0.6) is 0 Å². The highest BCUT2D eigenvalue weighted by Gasteiger charge is 2.20. The Morgan fingerprint density at radius 2 is 1.87 bits per heavy atom. The number of nitrogens with two attached hydrogens (primary N) is 2. The van der Waals surface area contributed by atoms with Crippen LogP contribution in [0, 0.1) is 11.8 Å². The minimum atomic E-state index is -0.102. The summed E-state index contributed by atoms with van der Waals surface area (Å²) in [6, 6.07) is 0. The molecule has 1 aliphatic rings. The second kappa shape index (κ2) is 6.83. The first-order chi connectivity index (χ1) is 7.24. The lowest BCUT2D eigenvalue weighted by Gasteiger charge is -2.23. The predicted molar refractivity (Wildman–Crippen MR) is 62.2 cm³/mol. The first kappa shape index (κ1) is 12.5. The Hall–Kier alpha value is -0.570. The Balaban J connectivity index is 2.33. The number of carbonyl (C=O) groups excluding carboxylic acids is 1. The standard InChI is InChI=1S/C12H24N2O/c13-9-3-5-10-4-1-2-6-11(8-7-10)12(14)15/h10-11H,1-9,13H2,(H2,14,15). The molecule has 3 heteroatoms. The fourth-order valence-corrected chi connectivity index (χ4v) is 2.53. The molecule has 0 aromatic carbocycles. The normalized spacial score (nSPS) is 28.1. The molecule has 0 saturated heterocycles. The largest absolute Gasteiger partial charge is 0.369 e. The van der Waals surface area contributed by atoms with E-state index in [1.807, 2.05) is 0 Å². The third-order valence-corrected chi connectivity index (χ3v) is 3.56. The van der Waals surface area contributed by atoms with Crippen molar-refractivity contribution in [2.45, 2.75) is 51.4 Å². The van der Waals surface area contributed by atoms with E-state index in [1.165, 1.54) is 19.3 Å². The quantitative estimate of drug-likeness (QED) is 0.746. The van der Waals surface area contributed by atoms with E-state index in [0.717, 1.165) is 44.6 Å². The van der Waals surface area contributed by atoms with E-state index in [1.54, 1.807) is 0 Å². The molecule has 1 aliphatic carbocycles. The lowest BCUT2D eigenvalue weighted by atomic mass is 9.83. The fourth-order valence-electron chi connectivity index (χ4n) is 2.53. The van der Waals surface area contributed by atoms with E-state index in [4.69, 9.17) is 11.5 Å². The molecule has 4 N–H and O–H groups in total. The molecular formula is C12H24N2O. The number of carbonyl (C=O) groups is 1. The molecule has 15 heavy (non-hydrogen) atoms. The van der Waals surface area contributed by atoms with E-state index >= 15 is 0 Å². The molecule has 2 unspecified atom stereocenters. The van der Waals surface area contributed by atoms with Gasteiger partial charge in [-0.3, -0.25) is 4.79 Å². The average molecular weight is 212 g/mol. The van der Waals surface area contributed by atoms with Gasteiger partial charge in [0.05, 0.1) is 0 Å². The molecule has 1 rings (SSSR count). The molecule has 2 atom stereocenters. The third-order valence-electron chi connectivity index (χ3n) is 3.56. The maximum atomic E-state index is 11.1. The van der Waals surface area contributed by atoms with Crippen LogP contribution >= 0.6 is 0 Å². The molecule has 0 aliphatic heterocycles. The van der Waals surface area contributed by atoms with Crippen LogP contribution in [0.1, 0.15) is 51.4 Å². The van der Waals surface area contributed by atoms with Crippen LogP contribution < -0.4 is 11.5 Å². The smallest absolute Gasteiger partial charge is 0.220 e.